The quantitative estimate of drug-likeness (QED) is 0.651. The summed E-state index contributed by atoms with van der Waals surface area (Å²) >= 11 is 0. The normalized spacial score (nSPS) is 10.5. The predicted molar refractivity (Wildman–Crippen MR) is 106 cm³/mol. The van der Waals surface area contributed by atoms with Crippen molar-refractivity contribution in [2.24, 2.45) is 0 Å². The third-order valence-corrected chi connectivity index (χ3v) is 4.41. The predicted octanol–water partition coefficient (Wildman–Crippen LogP) is 4.96. The molecule has 138 valence electrons. The lowest BCUT2D eigenvalue weighted by atomic mass is 10.1. The number of hydrogen-bond donors (Lipinski definition) is 2. The first-order valence-electron chi connectivity index (χ1n) is 8.91. The molecule has 3 aromatic rings. The van der Waals surface area contributed by atoms with Crippen molar-refractivity contribution in [2.75, 3.05) is 10.6 Å². The Morgan fingerprint density at radius 2 is 1.85 bits per heavy atom. The maximum Gasteiger partial charge on any atom is 0.274 e. The van der Waals surface area contributed by atoms with E-state index in [1.165, 1.54) is 6.07 Å². The van der Waals surface area contributed by atoms with Crippen molar-refractivity contribution < 1.29 is 9.18 Å². The fourth-order valence-corrected chi connectivity index (χ4v) is 2.88. The number of pyridine rings is 1. The molecule has 4 nitrogen and oxygen atoms in total. The highest BCUT2D eigenvalue weighted by atomic mass is 19.1. The second-order valence-electron chi connectivity index (χ2n) is 6.29. The number of nitrogens with one attached hydrogen (secondary N) is 2. The Labute approximate surface area is 158 Å². The van der Waals surface area contributed by atoms with Gasteiger partial charge in [-0.05, 0) is 42.7 Å². The number of rotatable bonds is 6. The molecule has 0 aliphatic carbocycles. The van der Waals surface area contributed by atoms with Gasteiger partial charge in [-0.2, -0.15) is 0 Å². The first-order valence-corrected chi connectivity index (χ1v) is 8.91. The van der Waals surface area contributed by atoms with Gasteiger partial charge in [-0.25, -0.2) is 4.39 Å². The molecule has 2 aromatic carbocycles. The van der Waals surface area contributed by atoms with Gasteiger partial charge < -0.3 is 10.6 Å². The van der Waals surface area contributed by atoms with E-state index in [2.05, 4.69) is 22.5 Å². The van der Waals surface area contributed by atoms with Gasteiger partial charge in [-0.3, -0.25) is 9.78 Å². The fourth-order valence-electron chi connectivity index (χ4n) is 2.88. The Hall–Kier alpha value is -3.21. The van der Waals surface area contributed by atoms with Gasteiger partial charge >= 0.3 is 0 Å². The minimum absolute atomic E-state index is 0.260. The number of hydrogen-bond acceptors (Lipinski definition) is 3. The molecule has 5 heteroatoms. The van der Waals surface area contributed by atoms with Crippen molar-refractivity contribution in [2.45, 2.75) is 26.8 Å². The van der Waals surface area contributed by atoms with Crippen LogP contribution < -0.4 is 10.6 Å². The molecule has 0 spiro atoms. The number of para-hydroxylation sites is 1. The van der Waals surface area contributed by atoms with Gasteiger partial charge in [-0.15, -0.1) is 0 Å². The molecule has 1 amide bonds. The van der Waals surface area contributed by atoms with Crippen LogP contribution in [0.1, 0.15) is 34.1 Å². The molecule has 0 atom stereocenters. The number of carbonyl (C=O) groups is 1. The molecule has 0 bridgehead atoms. The van der Waals surface area contributed by atoms with Crippen molar-refractivity contribution >= 4 is 17.3 Å². The van der Waals surface area contributed by atoms with E-state index >= 15 is 0 Å². The van der Waals surface area contributed by atoms with Crippen LogP contribution in [0.2, 0.25) is 0 Å². The molecule has 0 fully saturated rings. The second-order valence-corrected chi connectivity index (χ2v) is 6.29. The molecule has 0 saturated carbocycles. The summed E-state index contributed by atoms with van der Waals surface area (Å²) in [5.74, 6) is -0.530. The molecule has 1 heterocycles. The molecule has 0 aliphatic rings. The van der Waals surface area contributed by atoms with Crippen molar-refractivity contribution in [1.29, 1.82) is 0 Å². The van der Waals surface area contributed by atoms with Gasteiger partial charge in [0.1, 0.15) is 11.5 Å². The van der Waals surface area contributed by atoms with Gasteiger partial charge in [0.25, 0.3) is 5.91 Å². The first-order chi connectivity index (χ1) is 13.1. The minimum Gasteiger partial charge on any atom is -0.381 e. The standard InChI is InChI=1S/C22H22FN3O/c1-3-16-9-6-7-15(2)21(16)26-22(27)20-13-18(11-12-24-20)25-14-17-8-4-5-10-19(17)23/h4-13H,3,14H2,1-2H3,(H,24,25)(H,26,27). The average Bonchev–Trinajstić information content (AvgIpc) is 2.69. The number of benzene rings is 2. The summed E-state index contributed by atoms with van der Waals surface area (Å²) < 4.78 is 13.7. The average molecular weight is 363 g/mol. The largest absolute Gasteiger partial charge is 0.381 e. The lowest BCUT2D eigenvalue weighted by Gasteiger charge is -2.13. The van der Waals surface area contributed by atoms with Crippen LogP contribution in [0.25, 0.3) is 0 Å². The molecule has 2 N–H and O–H groups in total. The van der Waals surface area contributed by atoms with Crippen LogP contribution in [0.3, 0.4) is 0 Å². The van der Waals surface area contributed by atoms with E-state index < -0.39 is 0 Å². The molecule has 1 aromatic heterocycles. The molecular weight excluding hydrogens is 341 g/mol. The van der Waals surface area contributed by atoms with Gasteiger partial charge in [-0.1, -0.05) is 43.3 Å². The molecule has 3 rings (SSSR count). The van der Waals surface area contributed by atoms with E-state index in [1.807, 2.05) is 25.1 Å². The summed E-state index contributed by atoms with van der Waals surface area (Å²) in [6.45, 7) is 4.35. The van der Waals surface area contributed by atoms with E-state index in [4.69, 9.17) is 0 Å². The topological polar surface area (TPSA) is 54.0 Å². The minimum atomic E-state index is -0.270. The van der Waals surface area contributed by atoms with Crippen molar-refractivity contribution in [3.8, 4) is 0 Å². The maximum atomic E-state index is 13.7. The third-order valence-electron chi connectivity index (χ3n) is 4.41. The molecule has 0 unspecified atom stereocenters. The maximum absolute atomic E-state index is 13.7. The van der Waals surface area contributed by atoms with Gasteiger partial charge in [0, 0.05) is 29.7 Å². The molecule has 27 heavy (non-hydrogen) atoms. The number of halogens is 1. The van der Waals surface area contributed by atoms with Crippen molar-refractivity contribution in [1.82, 2.24) is 4.98 Å². The number of amides is 1. The molecule has 0 aliphatic heterocycles. The third kappa shape index (κ3) is 4.50. The zero-order chi connectivity index (χ0) is 19.2. The van der Waals surface area contributed by atoms with Crippen molar-refractivity contribution in [3.05, 3.63) is 89.0 Å². The Balaban J connectivity index is 1.73. The highest BCUT2D eigenvalue weighted by Gasteiger charge is 2.12. The smallest absolute Gasteiger partial charge is 0.274 e. The SMILES string of the molecule is CCc1cccc(C)c1NC(=O)c1cc(NCc2ccccc2F)ccn1. The Bertz CT molecular complexity index is 956. The number of anilines is 2. The van der Waals surface area contributed by atoms with Crippen LogP contribution in [0.5, 0.6) is 0 Å². The van der Waals surface area contributed by atoms with Crippen LogP contribution in [-0.4, -0.2) is 10.9 Å². The summed E-state index contributed by atoms with van der Waals surface area (Å²) in [5, 5.41) is 6.10. The zero-order valence-electron chi connectivity index (χ0n) is 15.4. The zero-order valence-corrected chi connectivity index (χ0v) is 15.4. The fraction of sp³-hybridized carbons (Fsp3) is 0.182. The lowest BCUT2D eigenvalue weighted by Crippen LogP contribution is -2.16. The van der Waals surface area contributed by atoms with Gasteiger partial charge in [0.05, 0.1) is 0 Å². The van der Waals surface area contributed by atoms with Gasteiger partial charge in [0.15, 0.2) is 0 Å². The summed E-state index contributed by atoms with van der Waals surface area (Å²) in [6.07, 6.45) is 2.39. The summed E-state index contributed by atoms with van der Waals surface area (Å²) in [7, 11) is 0. The van der Waals surface area contributed by atoms with Crippen LogP contribution in [0, 0.1) is 12.7 Å². The molecule has 0 radical (unpaired) electrons. The highest BCUT2D eigenvalue weighted by molar-refractivity contribution is 6.04. The van der Waals surface area contributed by atoms with Crippen LogP contribution in [0.15, 0.2) is 60.8 Å². The number of nitrogens with zero attached hydrogens (tertiary/aromatic N) is 1. The van der Waals surface area contributed by atoms with Crippen LogP contribution in [0.4, 0.5) is 15.8 Å². The lowest BCUT2D eigenvalue weighted by molar-refractivity contribution is 0.102. The Morgan fingerprint density at radius 3 is 2.63 bits per heavy atom. The highest BCUT2D eigenvalue weighted by Crippen LogP contribution is 2.22. The number of aromatic nitrogens is 1. The van der Waals surface area contributed by atoms with Gasteiger partial charge in [0.2, 0.25) is 0 Å². The molecule has 0 saturated heterocycles. The summed E-state index contributed by atoms with van der Waals surface area (Å²) in [4.78, 5) is 16.8. The van der Waals surface area contributed by atoms with Crippen molar-refractivity contribution in [3.63, 3.8) is 0 Å². The van der Waals surface area contributed by atoms with E-state index in [9.17, 15) is 9.18 Å². The first kappa shape index (κ1) is 18.6. The Morgan fingerprint density at radius 1 is 1.07 bits per heavy atom. The van der Waals surface area contributed by atoms with Crippen LogP contribution >= 0.6 is 0 Å². The number of carbonyl (C=O) groups excluding carboxylic acids is 1. The number of aryl methyl sites for hydroxylation is 2. The monoisotopic (exact) mass is 363 g/mol. The van der Waals surface area contributed by atoms with E-state index in [1.54, 1.807) is 36.5 Å². The molecular formula is C22H22FN3O. The summed E-state index contributed by atoms with van der Waals surface area (Å²) in [5.41, 5.74) is 4.50. The van der Waals surface area contributed by atoms with E-state index in [0.29, 0.717) is 23.5 Å². The summed E-state index contributed by atoms with van der Waals surface area (Å²) in [6, 6.07) is 16.0. The van der Waals surface area contributed by atoms with Crippen LogP contribution in [-0.2, 0) is 13.0 Å². The van der Waals surface area contributed by atoms with E-state index in [-0.39, 0.29) is 11.7 Å². The second kappa shape index (κ2) is 8.45. The van der Waals surface area contributed by atoms with E-state index in [0.717, 1.165) is 23.2 Å². The Kier molecular flexibility index (Phi) is 5.81.